The maximum absolute atomic E-state index is 12.3. The lowest BCUT2D eigenvalue weighted by molar-refractivity contribution is 0.0822. The monoisotopic (exact) mass is 308 g/mol. The Morgan fingerprint density at radius 1 is 1.36 bits per heavy atom. The van der Waals surface area contributed by atoms with E-state index in [4.69, 9.17) is 9.26 Å². The zero-order valence-electron chi connectivity index (χ0n) is 13.2. The number of ether oxygens (including phenoxy) is 1. The molecular weight excluding hydrogens is 284 g/mol. The van der Waals surface area contributed by atoms with Gasteiger partial charge in [-0.3, -0.25) is 0 Å². The number of urea groups is 1. The van der Waals surface area contributed by atoms with Gasteiger partial charge in [-0.15, -0.1) is 0 Å². The summed E-state index contributed by atoms with van der Waals surface area (Å²) in [6, 6.07) is 0.0643. The summed E-state index contributed by atoms with van der Waals surface area (Å²) in [4.78, 5) is 18.5. The lowest BCUT2D eigenvalue weighted by Gasteiger charge is -2.32. The smallest absolute Gasteiger partial charge is 0.317 e. The molecule has 2 atom stereocenters. The van der Waals surface area contributed by atoms with E-state index in [9.17, 15) is 4.79 Å². The fraction of sp³-hybridized carbons (Fsp3) is 0.800. The van der Waals surface area contributed by atoms with Crippen LogP contribution in [-0.4, -0.2) is 52.9 Å². The lowest BCUT2D eigenvalue weighted by Crippen LogP contribution is -2.49. The highest BCUT2D eigenvalue weighted by molar-refractivity contribution is 5.74. The minimum absolute atomic E-state index is 0.00293. The van der Waals surface area contributed by atoms with E-state index in [1.54, 1.807) is 0 Å². The van der Waals surface area contributed by atoms with Gasteiger partial charge in [0.25, 0.3) is 0 Å². The second kappa shape index (κ2) is 6.64. The maximum atomic E-state index is 12.3. The van der Waals surface area contributed by atoms with Crippen LogP contribution in [0.1, 0.15) is 50.2 Å². The van der Waals surface area contributed by atoms with Gasteiger partial charge in [0.15, 0.2) is 5.82 Å². The van der Waals surface area contributed by atoms with Crippen LogP contribution in [0.2, 0.25) is 0 Å². The predicted octanol–water partition coefficient (Wildman–Crippen LogP) is 1.83. The number of rotatable bonds is 3. The van der Waals surface area contributed by atoms with Crippen molar-refractivity contribution < 1.29 is 14.1 Å². The number of nitrogens with one attached hydrogen (secondary N) is 1. The van der Waals surface area contributed by atoms with Crippen LogP contribution in [0, 0.1) is 6.92 Å². The Hall–Kier alpha value is -1.63. The third-order valence-corrected chi connectivity index (χ3v) is 4.55. The topological polar surface area (TPSA) is 80.5 Å². The van der Waals surface area contributed by atoms with E-state index in [0.29, 0.717) is 11.7 Å². The molecule has 1 aromatic heterocycles. The van der Waals surface area contributed by atoms with E-state index in [0.717, 1.165) is 45.4 Å². The third-order valence-electron chi connectivity index (χ3n) is 4.55. The Kier molecular flexibility index (Phi) is 4.61. The number of nitrogens with zero attached hydrogens (tertiary/aromatic N) is 3. The van der Waals surface area contributed by atoms with Crippen LogP contribution in [0.5, 0.6) is 0 Å². The molecule has 22 heavy (non-hydrogen) atoms. The minimum Gasteiger partial charge on any atom is -0.376 e. The summed E-state index contributed by atoms with van der Waals surface area (Å²) in [5, 5.41) is 6.90. The highest BCUT2D eigenvalue weighted by atomic mass is 16.5. The molecule has 2 aliphatic rings. The zero-order chi connectivity index (χ0) is 15.5. The molecule has 2 amide bonds. The van der Waals surface area contributed by atoms with E-state index >= 15 is 0 Å². The van der Waals surface area contributed by atoms with Gasteiger partial charge in [-0.1, -0.05) is 5.16 Å². The van der Waals surface area contributed by atoms with Crippen molar-refractivity contribution in [3.05, 3.63) is 11.7 Å². The highest BCUT2D eigenvalue weighted by Crippen LogP contribution is 2.26. The SMILES string of the molecule is Cc1noc(C2CCN(C(=O)NC(C)C3CCCO3)CC2)n1. The number of carbonyl (C=O) groups is 1. The van der Waals surface area contributed by atoms with E-state index in [2.05, 4.69) is 15.5 Å². The zero-order valence-corrected chi connectivity index (χ0v) is 13.2. The van der Waals surface area contributed by atoms with Crippen LogP contribution in [0.3, 0.4) is 0 Å². The molecule has 2 unspecified atom stereocenters. The first-order valence-corrected chi connectivity index (χ1v) is 8.10. The van der Waals surface area contributed by atoms with Crippen LogP contribution >= 0.6 is 0 Å². The molecule has 3 heterocycles. The quantitative estimate of drug-likeness (QED) is 0.921. The van der Waals surface area contributed by atoms with Crippen molar-refractivity contribution in [1.82, 2.24) is 20.4 Å². The summed E-state index contributed by atoms with van der Waals surface area (Å²) >= 11 is 0. The van der Waals surface area contributed by atoms with Crippen molar-refractivity contribution in [2.24, 2.45) is 0 Å². The van der Waals surface area contributed by atoms with Crippen molar-refractivity contribution in [3.63, 3.8) is 0 Å². The molecule has 0 aromatic carbocycles. The summed E-state index contributed by atoms with van der Waals surface area (Å²) in [7, 11) is 0. The lowest BCUT2D eigenvalue weighted by atomic mass is 9.97. The molecule has 122 valence electrons. The molecular formula is C15H24N4O3. The molecule has 7 heteroatoms. The van der Waals surface area contributed by atoms with Gasteiger partial charge in [0, 0.05) is 25.6 Å². The second-order valence-electron chi connectivity index (χ2n) is 6.23. The average Bonchev–Trinajstić information content (AvgIpc) is 3.18. The number of aromatic nitrogens is 2. The molecule has 1 aromatic rings. The molecule has 3 rings (SSSR count). The van der Waals surface area contributed by atoms with Gasteiger partial charge in [-0.05, 0) is 39.5 Å². The van der Waals surface area contributed by atoms with Gasteiger partial charge in [-0.25, -0.2) is 4.79 Å². The Balaban J connectivity index is 1.47. The van der Waals surface area contributed by atoms with Crippen molar-refractivity contribution >= 4 is 6.03 Å². The van der Waals surface area contributed by atoms with Crippen LogP contribution in [0.4, 0.5) is 4.79 Å². The standard InChI is InChI=1S/C15H24N4O3/c1-10(13-4-3-9-21-13)16-15(20)19-7-5-12(6-8-19)14-17-11(2)18-22-14/h10,12-13H,3-9H2,1-2H3,(H,16,20). The molecule has 2 saturated heterocycles. The molecule has 0 aliphatic carbocycles. The van der Waals surface area contributed by atoms with Gasteiger partial charge in [0.05, 0.1) is 12.1 Å². The summed E-state index contributed by atoms with van der Waals surface area (Å²) in [6.07, 6.45) is 4.00. The fourth-order valence-electron chi connectivity index (χ4n) is 3.18. The first kappa shape index (κ1) is 15.3. The van der Waals surface area contributed by atoms with E-state index in [-0.39, 0.29) is 24.1 Å². The summed E-state index contributed by atoms with van der Waals surface area (Å²) in [5.41, 5.74) is 0. The van der Waals surface area contributed by atoms with Crippen molar-refractivity contribution in [2.45, 2.75) is 57.6 Å². The van der Waals surface area contributed by atoms with Crippen LogP contribution < -0.4 is 5.32 Å². The number of likely N-dealkylation sites (tertiary alicyclic amines) is 1. The number of carbonyl (C=O) groups excluding carboxylic acids is 1. The average molecular weight is 308 g/mol. The summed E-state index contributed by atoms with van der Waals surface area (Å²) in [5.74, 6) is 1.63. The van der Waals surface area contributed by atoms with Gasteiger partial charge < -0.3 is 19.5 Å². The minimum atomic E-state index is 0.00293. The number of amides is 2. The summed E-state index contributed by atoms with van der Waals surface area (Å²) < 4.78 is 10.9. The number of aryl methyl sites for hydroxylation is 1. The molecule has 0 spiro atoms. The van der Waals surface area contributed by atoms with E-state index in [1.165, 1.54) is 0 Å². The first-order chi connectivity index (χ1) is 10.6. The van der Waals surface area contributed by atoms with Crippen molar-refractivity contribution in [2.75, 3.05) is 19.7 Å². The third kappa shape index (κ3) is 3.40. The first-order valence-electron chi connectivity index (χ1n) is 8.10. The van der Waals surface area contributed by atoms with E-state index in [1.807, 2.05) is 18.7 Å². The van der Waals surface area contributed by atoms with Crippen LogP contribution in [0.15, 0.2) is 4.52 Å². The van der Waals surface area contributed by atoms with Crippen LogP contribution in [-0.2, 0) is 4.74 Å². The Morgan fingerprint density at radius 2 is 2.14 bits per heavy atom. The Morgan fingerprint density at radius 3 is 2.73 bits per heavy atom. The fourth-order valence-corrected chi connectivity index (χ4v) is 3.18. The molecule has 0 saturated carbocycles. The molecule has 1 N–H and O–H groups in total. The second-order valence-corrected chi connectivity index (χ2v) is 6.23. The largest absolute Gasteiger partial charge is 0.376 e. The molecule has 2 fully saturated rings. The number of piperidine rings is 1. The Bertz CT molecular complexity index is 505. The van der Waals surface area contributed by atoms with Crippen LogP contribution in [0.25, 0.3) is 0 Å². The van der Waals surface area contributed by atoms with Gasteiger partial charge in [0.1, 0.15) is 0 Å². The van der Waals surface area contributed by atoms with E-state index < -0.39 is 0 Å². The molecule has 2 aliphatic heterocycles. The summed E-state index contributed by atoms with van der Waals surface area (Å²) in [6.45, 7) is 6.08. The van der Waals surface area contributed by atoms with Crippen molar-refractivity contribution in [3.8, 4) is 0 Å². The maximum Gasteiger partial charge on any atom is 0.317 e. The predicted molar refractivity (Wildman–Crippen MR) is 79.6 cm³/mol. The molecule has 0 bridgehead atoms. The van der Waals surface area contributed by atoms with Crippen molar-refractivity contribution in [1.29, 1.82) is 0 Å². The van der Waals surface area contributed by atoms with Gasteiger partial charge >= 0.3 is 6.03 Å². The number of hydrogen-bond donors (Lipinski definition) is 1. The van der Waals surface area contributed by atoms with Gasteiger partial charge in [-0.2, -0.15) is 4.98 Å². The normalized spacial score (nSPS) is 24.5. The van der Waals surface area contributed by atoms with Gasteiger partial charge in [0.2, 0.25) is 5.89 Å². The molecule has 0 radical (unpaired) electrons. The number of hydrogen-bond acceptors (Lipinski definition) is 5. The highest BCUT2D eigenvalue weighted by Gasteiger charge is 2.29. The Labute approximate surface area is 130 Å². The molecule has 7 nitrogen and oxygen atoms in total.